The summed E-state index contributed by atoms with van der Waals surface area (Å²) in [6.45, 7) is 1.63. The minimum atomic E-state index is -0.300. The molecule has 3 heteroatoms. The fourth-order valence-corrected chi connectivity index (χ4v) is 2.16. The highest BCUT2D eigenvalue weighted by molar-refractivity contribution is 5.93. The lowest BCUT2D eigenvalue weighted by Gasteiger charge is -2.18. The van der Waals surface area contributed by atoms with E-state index in [4.69, 9.17) is 0 Å². The minimum absolute atomic E-state index is 0.179. The monoisotopic (exact) mass is 279 g/mol. The van der Waals surface area contributed by atoms with Crippen molar-refractivity contribution in [3.05, 3.63) is 65.7 Å². The van der Waals surface area contributed by atoms with Crippen LogP contribution in [0.1, 0.15) is 24.1 Å². The molecule has 2 aromatic carbocycles. The molecular weight excluding hydrogens is 262 g/mol. The Labute approximate surface area is 124 Å². The molecule has 0 heterocycles. The van der Waals surface area contributed by atoms with Crippen molar-refractivity contribution in [1.82, 2.24) is 5.32 Å². The number of aromatic hydroxyl groups is 1. The third-order valence-corrected chi connectivity index (χ3v) is 3.10. The smallest absolute Gasteiger partial charge is 0.296 e. The number of nitrogens with one attached hydrogen (secondary N) is 1. The zero-order valence-corrected chi connectivity index (χ0v) is 11.8. The summed E-state index contributed by atoms with van der Waals surface area (Å²) in [5.41, 5.74) is 1.96. The number of phenols is 1. The highest BCUT2D eigenvalue weighted by Crippen LogP contribution is 2.20. The van der Waals surface area contributed by atoms with Crippen LogP contribution in [-0.2, 0) is 11.2 Å². The molecule has 2 rings (SSSR count). The highest BCUT2D eigenvalue weighted by Gasteiger charge is 2.14. The van der Waals surface area contributed by atoms with Crippen molar-refractivity contribution >= 4 is 5.91 Å². The summed E-state index contributed by atoms with van der Waals surface area (Å²) >= 11 is 0. The average molecular weight is 279 g/mol. The SMILES string of the molecule is CC#CC(=O)NC(Cc1cccc(O)c1)c1ccccc1. The molecule has 0 saturated carbocycles. The Bertz CT molecular complexity index is 668. The van der Waals surface area contributed by atoms with E-state index in [0.29, 0.717) is 6.42 Å². The van der Waals surface area contributed by atoms with Gasteiger partial charge in [-0.3, -0.25) is 4.79 Å². The molecule has 0 aliphatic heterocycles. The summed E-state index contributed by atoms with van der Waals surface area (Å²) in [7, 11) is 0. The zero-order chi connectivity index (χ0) is 15.1. The van der Waals surface area contributed by atoms with E-state index in [1.807, 2.05) is 36.4 Å². The van der Waals surface area contributed by atoms with E-state index < -0.39 is 0 Å². The van der Waals surface area contributed by atoms with Crippen molar-refractivity contribution in [2.24, 2.45) is 0 Å². The van der Waals surface area contributed by atoms with Crippen LogP contribution in [0.15, 0.2) is 54.6 Å². The number of carbonyl (C=O) groups is 1. The van der Waals surface area contributed by atoms with Gasteiger partial charge < -0.3 is 10.4 Å². The summed E-state index contributed by atoms with van der Waals surface area (Å²) in [5.74, 6) is 5.01. The molecule has 106 valence electrons. The summed E-state index contributed by atoms with van der Waals surface area (Å²) in [5, 5.41) is 12.5. The molecule has 1 amide bonds. The van der Waals surface area contributed by atoms with E-state index in [0.717, 1.165) is 11.1 Å². The Balaban J connectivity index is 2.23. The Morgan fingerprint density at radius 2 is 1.95 bits per heavy atom. The predicted molar refractivity (Wildman–Crippen MR) is 82.6 cm³/mol. The van der Waals surface area contributed by atoms with Gasteiger partial charge in [0.05, 0.1) is 6.04 Å². The lowest BCUT2D eigenvalue weighted by Crippen LogP contribution is -2.28. The van der Waals surface area contributed by atoms with E-state index in [-0.39, 0.29) is 17.7 Å². The topological polar surface area (TPSA) is 49.3 Å². The molecule has 0 aliphatic carbocycles. The van der Waals surface area contributed by atoms with E-state index in [2.05, 4.69) is 17.2 Å². The Kier molecular flexibility index (Phi) is 5.00. The normalized spacial score (nSPS) is 11.1. The maximum atomic E-state index is 11.7. The maximum absolute atomic E-state index is 11.7. The van der Waals surface area contributed by atoms with Gasteiger partial charge in [0.15, 0.2) is 0 Å². The van der Waals surface area contributed by atoms with Crippen molar-refractivity contribution < 1.29 is 9.90 Å². The van der Waals surface area contributed by atoms with Gasteiger partial charge in [0.1, 0.15) is 5.75 Å². The number of hydrogen-bond donors (Lipinski definition) is 2. The number of carbonyl (C=O) groups excluding carboxylic acids is 1. The first-order valence-electron chi connectivity index (χ1n) is 6.75. The second kappa shape index (κ2) is 7.16. The first kappa shape index (κ1) is 14.7. The van der Waals surface area contributed by atoms with Crippen LogP contribution in [0.2, 0.25) is 0 Å². The summed E-state index contributed by atoms with van der Waals surface area (Å²) in [4.78, 5) is 11.7. The van der Waals surface area contributed by atoms with Gasteiger partial charge in [0.25, 0.3) is 5.91 Å². The third kappa shape index (κ3) is 4.39. The second-order valence-electron chi connectivity index (χ2n) is 4.69. The molecule has 0 radical (unpaired) electrons. The fraction of sp³-hybridized carbons (Fsp3) is 0.167. The van der Waals surface area contributed by atoms with Crippen molar-refractivity contribution in [1.29, 1.82) is 0 Å². The van der Waals surface area contributed by atoms with Crippen molar-refractivity contribution in [2.45, 2.75) is 19.4 Å². The molecule has 3 nitrogen and oxygen atoms in total. The van der Waals surface area contributed by atoms with Crippen LogP contribution in [0, 0.1) is 11.8 Å². The van der Waals surface area contributed by atoms with Gasteiger partial charge in [-0.25, -0.2) is 0 Å². The molecule has 1 unspecified atom stereocenters. The van der Waals surface area contributed by atoms with Crippen LogP contribution >= 0.6 is 0 Å². The number of phenolic OH excluding ortho intramolecular Hbond substituents is 1. The fourth-order valence-electron chi connectivity index (χ4n) is 2.16. The van der Waals surface area contributed by atoms with E-state index in [1.165, 1.54) is 0 Å². The Morgan fingerprint density at radius 3 is 2.62 bits per heavy atom. The Hall–Kier alpha value is -2.73. The average Bonchev–Trinajstić information content (AvgIpc) is 2.48. The van der Waals surface area contributed by atoms with E-state index in [1.54, 1.807) is 25.1 Å². The molecular formula is C18H17NO2. The zero-order valence-electron chi connectivity index (χ0n) is 11.8. The molecule has 1 atom stereocenters. The van der Waals surface area contributed by atoms with Gasteiger partial charge in [-0.2, -0.15) is 0 Å². The van der Waals surface area contributed by atoms with Crippen LogP contribution in [-0.4, -0.2) is 11.0 Å². The van der Waals surface area contributed by atoms with Crippen LogP contribution in [0.4, 0.5) is 0 Å². The molecule has 0 saturated heterocycles. The number of hydrogen-bond acceptors (Lipinski definition) is 2. The summed E-state index contributed by atoms with van der Waals surface area (Å²) in [6, 6.07) is 16.6. The maximum Gasteiger partial charge on any atom is 0.296 e. The molecule has 0 spiro atoms. The largest absolute Gasteiger partial charge is 0.508 e. The van der Waals surface area contributed by atoms with Crippen LogP contribution in [0.3, 0.4) is 0 Å². The van der Waals surface area contributed by atoms with Crippen LogP contribution < -0.4 is 5.32 Å². The lowest BCUT2D eigenvalue weighted by molar-refractivity contribution is -0.116. The van der Waals surface area contributed by atoms with Gasteiger partial charge in [-0.05, 0) is 42.5 Å². The third-order valence-electron chi connectivity index (χ3n) is 3.10. The van der Waals surface area contributed by atoms with Gasteiger partial charge in [-0.15, -0.1) is 0 Å². The van der Waals surface area contributed by atoms with Gasteiger partial charge in [0.2, 0.25) is 0 Å². The summed E-state index contributed by atoms with van der Waals surface area (Å²) < 4.78 is 0. The van der Waals surface area contributed by atoms with Crippen molar-refractivity contribution in [2.75, 3.05) is 0 Å². The standard InChI is InChI=1S/C18H17NO2/c1-2-7-18(21)19-17(15-9-4-3-5-10-15)13-14-8-6-11-16(20)12-14/h3-6,8-12,17,20H,13H2,1H3,(H,19,21). The van der Waals surface area contributed by atoms with Crippen LogP contribution in [0.5, 0.6) is 5.75 Å². The van der Waals surface area contributed by atoms with Crippen molar-refractivity contribution in [3.8, 4) is 17.6 Å². The number of rotatable bonds is 4. The first-order valence-corrected chi connectivity index (χ1v) is 6.75. The lowest BCUT2D eigenvalue weighted by atomic mass is 9.98. The molecule has 0 bridgehead atoms. The Morgan fingerprint density at radius 1 is 1.19 bits per heavy atom. The number of benzene rings is 2. The molecule has 0 aliphatic rings. The molecule has 21 heavy (non-hydrogen) atoms. The highest BCUT2D eigenvalue weighted by atomic mass is 16.3. The van der Waals surface area contributed by atoms with Gasteiger partial charge in [-0.1, -0.05) is 48.4 Å². The number of amides is 1. The van der Waals surface area contributed by atoms with Gasteiger partial charge in [0, 0.05) is 0 Å². The van der Waals surface area contributed by atoms with Gasteiger partial charge >= 0.3 is 0 Å². The molecule has 0 aromatic heterocycles. The predicted octanol–water partition coefficient (Wildman–Crippen LogP) is 2.82. The van der Waals surface area contributed by atoms with Crippen LogP contribution in [0.25, 0.3) is 0 Å². The van der Waals surface area contributed by atoms with E-state index >= 15 is 0 Å². The second-order valence-corrected chi connectivity index (χ2v) is 4.69. The minimum Gasteiger partial charge on any atom is -0.508 e. The first-order chi connectivity index (χ1) is 10.2. The molecule has 2 aromatic rings. The summed E-state index contributed by atoms with van der Waals surface area (Å²) in [6.07, 6.45) is 0.593. The molecule has 0 fully saturated rings. The van der Waals surface area contributed by atoms with E-state index in [9.17, 15) is 9.90 Å². The molecule has 2 N–H and O–H groups in total. The van der Waals surface area contributed by atoms with Crippen molar-refractivity contribution in [3.63, 3.8) is 0 Å². The quantitative estimate of drug-likeness (QED) is 0.846.